The number of quaternary nitrogens is 2. The molecule has 0 spiro atoms. The molecule has 1 amide bonds. The number of hydrogen-bond acceptors (Lipinski definition) is 2. The van der Waals surface area contributed by atoms with Crippen LogP contribution in [0, 0.1) is 0 Å². The lowest BCUT2D eigenvalue weighted by Crippen LogP contribution is -3.24. The second kappa shape index (κ2) is 6.03. The van der Waals surface area contributed by atoms with E-state index in [9.17, 15) is 4.79 Å². The van der Waals surface area contributed by atoms with Gasteiger partial charge in [-0.25, -0.2) is 4.98 Å². The van der Waals surface area contributed by atoms with Gasteiger partial charge in [0, 0.05) is 6.20 Å². The molecule has 3 rings (SSSR count). The van der Waals surface area contributed by atoms with Crippen LogP contribution in [0.15, 0.2) is 48.7 Å². The molecule has 1 aromatic carbocycles. The third-order valence-electron chi connectivity index (χ3n) is 4.05. The first-order valence-electron chi connectivity index (χ1n) is 7.25. The standard InChI is InChI=1S/C16H18N4O/c17-15(21)14-7-4-8-18-16(14)20-11-9-19(10-12-20)13-5-2-1-3-6-13/h1-8H,9-12H2,(H2,17,21)/p+2. The Labute approximate surface area is 124 Å². The van der Waals surface area contributed by atoms with Gasteiger partial charge >= 0.3 is 0 Å². The molecule has 0 atom stereocenters. The summed E-state index contributed by atoms with van der Waals surface area (Å²) in [5, 5.41) is 0. The molecule has 1 aliphatic rings. The first-order chi connectivity index (χ1) is 10.3. The highest BCUT2D eigenvalue weighted by molar-refractivity contribution is 5.95. The molecule has 0 aliphatic carbocycles. The number of para-hydroxylation sites is 1. The number of benzene rings is 1. The van der Waals surface area contributed by atoms with Crippen LogP contribution in [0.4, 0.5) is 11.5 Å². The number of nitrogens with zero attached hydrogens (tertiary/aromatic N) is 1. The number of primary amides is 1. The van der Waals surface area contributed by atoms with Gasteiger partial charge in [0.15, 0.2) is 0 Å². The fraction of sp³-hybridized carbons (Fsp3) is 0.250. The van der Waals surface area contributed by atoms with Crippen LogP contribution in [0.2, 0.25) is 0 Å². The van der Waals surface area contributed by atoms with Crippen molar-refractivity contribution < 1.29 is 14.6 Å². The predicted molar refractivity (Wildman–Crippen MR) is 79.9 cm³/mol. The second-order valence-electron chi connectivity index (χ2n) is 5.34. The zero-order valence-corrected chi connectivity index (χ0v) is 11.9. The number of nitrogens with one attached hydrogen (secondary N) is 2. The molecule has 2 aromatic rings. The summed E-state index contributed by atoms with van der Waals surface area (Å²) >= 11 is 0. The van der Waals surface area contributed by atoms with Gasteiger partial charge in [-0.1, -0.05) is 18.2 Å². The molecule has 1 aliphatic heterocycles. The average Bonchev–Trinajstić information content (AvgIpc) is 2.56. The molecule has 0 saturated carbocycles. The van der Waals surface area contributed by atoms with Crippen LogP contribution in [0.25, 0.3) is 0 Å². The molecule has 0 radical (unpaired) electrons. The van der Waals surface area contributed by atoms with E-state index < -0.39 is 5.91 Å². The number of aromatic nitrogens is 1. The number of rotatable bonds is 3. The van der Waals surface area contributed by atoms with Crippen molar-refractivity contribution in [1.29, 1.82) is 0 Å². The topological polar surface area (TPSA) is 64.9 Å². The van der Waals surface area contributed by atoms with E-state index in [4.69, 9.17) is 5.73 Å². The number of carbonyl (C=O) groups is 1. The van der Waals surface area contributed by atoms with E-state index >= 15 is 0 Å². The molecule has 1 saturated heterocycles. The van der Waals surface area contributed by atoms with Gasteiger partial charge < -0.3 is 5.73 Å². The largest absolute Gasteiger partial charge is 0.365 e. The van der Waals surface area contributed by atoms with Gasteiger partial charge in [0.2, 0.25) is 5.82 Å². The molecule has 4 N–H and O–H groups in total. The van der Waals surface area contributed by atoms with Crippen molar-refractivity contribution in [2.45, 2.75) is 0 Å². The van der Waals surface area contributed by atoms with Crippen LogP contribution in [0.3, 0.4) is 0 Å². The molecule has 0 bridgehead atoms. The molecule has 2 heterocycles. The Kier molecular flexibility index (Phi) is 3.94. The maximum Gasteiger partial charge on any atom is 0.256 e. The van der Waals surface area contributed by atoms with Crippen molar-refractivity contribution in [2.24, 2.45) is 5.73 Å². The van der Waals surface area contributed by atoms with Gasteiger partial charge in [-0.05, 0) is 24.3 Å². The summed E-state index contributed by atoms with van der Waals surface area (Å²) in [7, 11) is 0. The molecule has 5 heteroatoms. The number of hydrogen-bond donors (Lipinski definition) is 3. The normalized spacial score (nSPS) is 21.9. The summed E-state index contributed by atoms with van der Waals surface area (Å²) in [6.45, 7) is 3.94. The molecule has 1 fully saturated rings. The Morgan fingerprint density at radius 1 is 0.952 bits per heavy atom. The van der Waals surface area contributed by atoms with E-state index in [-0.39, 0.29) is 0 Å². The van der Waals surface area contributed by atoms with E-state index in [1.54, 1.807) is 18.3 Å². The van der Waals surface area contributed by atoms with Crippen LogP contribution in [0.5, 0.6) is 0 Å². The Morgan fingerprint density at radius 2 is 1.62 bits per heavy atom. The van der Waals surface area contributed by atoms with E-state index in [1.807, 2.05) is 6.07 Å². The molecule has 0 unspecified atom stereocenters. The van der Waals surface area contributed by atoms with E-state index in [2.05, 4.69) is 29.2 Å². The molecule has 5 nitrogen and oxygen atoms in total. The predicted octanol–water partition coefficient (Wildman–Crippen LogP) is -1.07. The summed E-state index contributed by atoms with van der Waals surface area (Å²) in [4.78, 5) is 18.6. The van der Waals surface area contributed by atoms with Crippen molar-refractivity contribution in [3.05, 3.63) is 54.2 Å². The second-order valence-corrected chi connectivity index (χ2v) is 5.34. The molecule has 1 aromatic heterocycles. The lowest BCUT2D eigenvalue weighted by atomic mass is 10.2. The highest BCUT2D eigenvalue weighted by atomic mass is 16.1. The summed E-state index contributed by atoms with van der Waals surface area (Å²) in [6, 6.07) is 14.0. The van der Waals surface area contributed by atoms with Crippen molar-refractivity contribution in [2.75, 3.05) is 26.2 Å². The maximum absolute atomic E-state index is 11.5. The minimum Gasteiger partial charge on any atom is -0.365 e. The van der Waals surface area contributed by atoms with E-state index in [0.29, 0.717) is 5.56 Å². The van der Waals surface area contributed by atoms with E-state index in [0.717, 1.165) is 32.0 Å². The number of piperazine rings is 1. The highest BCUT2D eigenvalue weighted by Crippen LogP contribution is 2.05. The number of pyridine rings is 1. The fourth-order valence-corrected chi connectivity index (χ4v) is 2.94. The monoisotopic (exact) mass is 284 g/mol. The van der Waals surface area contributed by atoms with Gasteiger partial charge in [-0.2, -0.15) is 0 Å². The van der Waals surface area contributed by atoms with Gasteiger partial charge in [0.25, 0.3) is 5.91 Å². The Hall–Kier alpha value is -2.24. The van der Waals surface area contributed by atoms with Crippen LogP contribution in [-0.2, 0) is 0 Å². The van der Waals surface area contributed by atoms with Gasteiger partial charge in [-0.3, -0.25) is 14.6 Å². The number of carbonyl (C=O) groups excluding carboxylic acids is 1. The minimum absolute atomic E-state index is 0.400. The lowest BCUT2D eigenvalue weighted by molar-refractivity contribution is -0.953. The first kappa shape index (κ1) is 13.7. The third kappa shape index (κ3) is 2.94. The van der Waals surface area contributed by atoms with Gasteiger partial charge in [0.1, 0.15) is 37.4 Å². The number of amides is 1. The summed E-state index contributed by atoms with van der Waals surface area (Å²) in [5.41, 5.74) is 7.31. The first-order valence-corrected chi connectivity index (χ1v) is 7.25. The fourth-order valence-electron chi connectivity index (χ4n) is 2.94. The van der Waals surface area contributed by atoms with Crippen LogP contribution in [-0.4, -0.2) is 37.1 Å². The number of nitrogens with two attached hydrogens (primary N) is 1. The average molecular weight is 284 g/mol. The lowest BCUT2D eigenvalue weighted by Gasteiger charge is -2.29. The summed E-state index contributed by atoms with van der Waals surface area (Å²) in [5.74, 6) is 0.389. The van der Waals surface area contributed by atoms with Crippen molar-refractivity contribution in [3.8, 4) is 0 Å². The van der Waals surface area contributed by atoms with Crippen molar-refractivity contribution >= 4 is 17.4 Å². The Bertz CT molecular complexity index is 621. The van der Waals surface area contributed by atoms with Crippen molar-refractivity contribution in [3.63, 3.8) is 0 Å². The molecule has 21 heavy (non-hydrogen) atoms. The molecular weight excluding hydrogens is 264 g/mol. The SMILES string of the molecule is NC(=O)c1cccnc1[NH+]1CC[NH+](c2ccccc2)CC1. The maximum atomic E-state index is 11.5. The van der Waals surface area contributed by atoms with Crippen LogP contribution in [0.1, 0.15) is 10.4 Å². The smallest absolute Gasteiger partial charge is 0.256 e. The van der Waals surface area contributed by atoms with Gasteiger partial charge in [0.05, 0.1) is 0 Å². The summed E-state index contributed by atoms with van der Waals surface area (Å²) < 4.78 is 0. The zero-order valence-electron chi connectivity index (χ0n) is 11.9. The zero-order chi connectivity index (χ0) is 14.7. The van der Waals surface area contributed by atoms with E-state index in [1.165, 1.54) is 15.5 Å². The third-order valence-corrected chi connectivity index (χ3v) is 4.05. The van der Waals surface area contributed by atoms with Crippen LogP contribution >= 0.6 is 0 Å². The molecule has 108 valence electrons. The van der Waals surface area contributed by atoms with Gasteiger partial charge in [-0.15, -0.1) is 0 Å². The molecular formula is C16H20N4O+2. The summed E-state index contributed by atoms with van der Waals surface area (Å²) in [6.07, 6.45) is 1.73. The van der Waals surface area contributed by atoms with Crippen LogP contribution < -0.4 is 15.5 Å². The quantitative estimate of drug-likeness (QED) is 0.672. The Balaban J connectivity index is 1.73. The van der Waals surface area contributed by atoms with Crippen molar-refractivity contribution in [1.82, 2.24) is 4.98 Å². The Morgan fingerprint density at radius 3 is 2.29 bits per heavy atom. The minimum atomic E-state index is -0.400. The highest BCUT2D eigenvalue weighted by Gasteiger charge is 2.29.